The summed E-state index contributed by atoms with van der Waals surface area (Å²) in [7, 11) is 0. The van der Waals surface area contributed by atoms with Gasteiger partial charge in [-0.2, -0.15) is 0 Å². The van der Waals surface area contributed by atoms with Crippen molar-refractivity contribution in [2.24, 2.45) is 0 Å². The van der Waals surface area contributed by atoms with E-state index in [4.69, 9.17) is 5.11 Å². The maximum absolute atomic E-state index is 11.3. The Balaban J connectivity index is 2.63. The number of carbonyl (C=O) groups is 2. The zero-order valence-corrected chi connectivity index (χ0v) is 10.2. The van der Waals surface area contributed by atoms with Crippen LogP contribution in [0.2, 0.25) is 0 Å². The monoisotopic (exact) mass is 286 g/mol. The summed E-state index contributed by atoms with van der Waals surface area (Å²) in [6.07, 6.45) is 0. The molecule has 0 aliphatic rings. The standard InChI is InChI=1S/C10H11BrN2O3/c1-6-3-2-4-7(9(6)11)13-10(16)12-5-8(14)15/h2-4H,5H2,1H3,(H,14,15)(H2,12,13,16). The molecule has 1 aromatic rings. The van der Waals surface area contributed by atoms with Crippen LogP contribution in [0.5, 0.6) is 0 Å². The molecule has 5 nitrogen and oxygen atoms in total. The van der Waals surface area contributed by atoms with Gasteiger partial charge in [0.15, 0.2) is 0 Å². The van der Waals surface area contributed by atoms with Gasteiger partial charge in [-0.25, -0.2) is 4.79 Å². The normalized spacial score (nSPS) is 9.62. The van der Waals surface area contributed by atoms with E-state index in [1.807, 2.05) is 13.0 Å². The summed E-state index contributed by atoms with van der Waals surface area (Å²) in [5.74, 6) is -1.08. The van der Waals surface area contributed by atoms with Gasteiger partial charge in [0, 0.05) is 4.47 Å². The third-order valence-corrected chi connectivity index (χ3v) is 2.89. The van der Waals surface area contributed by atoms with E-state index in [2.05, 4.69) is 26.6 Å². The van der Waals surface area contributed by atoms with Gasteiger partial charge in [-0.15, -0.1) is 0 Å². The van der Waals surface area contributed by atoms with Crippen molar-refractivity contribution in [1.82, 2.24) is 5.32 Å². The Morgan fingerprint density at radius 2 is 2.12 bits per heavy atom. The number of aliphatic carboxylic acids is 1. The Kier molecular flexibility index (Phi) is 4.30. The lowest BCUT2D eigenvalue weighted by atomic mass is 10.2. The van der Waals surface area contributed by atoms with Crippen LogP contribution in [0.25, 0.3) is 0 Å². The fourth-order valence-electron chi connectivity index (χ4n) is 1.07. The minimum atomic E-state index is -1.08. The summed E-state index contributed by atoms with van der Waals surface area (Å²) in [6.45, 7) is 1.49. The summed E-state index contributed by atoms with van der Waals surface area (Å²) in [4.78, 5) is 21.5. The lowest BCUT2D eigenvalue weighted by molar-refractivity contribution is -0.135. The summed E-state index contributed by atoms with van der Waals surface area (Å²) in [5.41, 5.74) is 1.58. The third-order valence-electron chi connectivity index (χ3n) is 1.84. The number of nitrogens with one attached hydrogen (secondary N) is 2. The Morgan fingerprint density at radius 1 is 1.44 bits per heavy atom. The highest BCUT2D eigenvalue weighted by Gasteiger charge is 2.07. The highest BCUT2D eigenvalue weighted by atomic mass is 79.9. The van der Waals surface area contributed by atoms with Crippen molar-refractivity contribution in [1.29, 1.82) is 0 Å². The number of halogens is 1. The number of hydrogen-bond acceptors (Lipinski definition) is 2. The van der Waals surface area contributed by atoms with Gasteiger partial charge in [-0.05, 0) is 34.5 Å². The van der Waals surface area contributed by atoms with E-state index in [1.165, 1.54) is 0 Å². The molecule has 0 fully saturated rings. The summed E-state index contributed by atoms with van der Waals surface area (Å²) in [5, 5.41) is 13.1. The Bertz CT molecular complexity index is 421. The first-order valence-electron chi connectivity index (χ1n) is 4.52. The molecule has 0 bridgehead atoms. The molecule has 0 aliphatic carbocycles. The Labute approximate surface area is 101 Å². The van der Waals surface area contributed by atoms with Crippen LogP contribution in [0, 0.1) is 6.92 Å². The zero-order chi connectivity index (χ0) is 12.1. The van der Waals surface area contributed by atoms with E-state index >= 15 is 0 Å². The van der Waals surface area contributed by atoms with Crippen molar-refractivity contribution in [2.45, 2.75) is 6.92 Å². The second kappa shape index (κ2) is 5.50. The number of aryl methyl sites for hydroxylation is 1. The van der Waals surface area contributed by atoms with Crippen molar-refractivity contribution in [3.63, 3.8) is 0 Å². The molecule has 16 heavy (non-hydrogen) atoms. The minimum Gasteiger partial charge on any atom is -0.480 e. The van der Waals surface area contributed by atoms with Crippen LogP contribution in [0.3, 0.4) is 0 Å². The Morgan fingerprint density at radius 3 is 2.75 bits per heavy atom. The van der Waals surface area contributed by atoms with E-state index in [1.54, 1.807) is 12.1 Å². The smallest absolute Gasteiger partial charge is 0.323 e. The number of amides is 2. The maximum Gasteiger partial charge on any atom is 0.323 e. The van der Waals surface area contributed by atoms with Gasteiger partial charge in [-0.1, -0.05) is 12.1 Å². The molecule has 1 aromatic carbocycles. The molecule has 0 atom stereocenters. The fraction of sp³-hybridized carbons (Fsp3) is 0.200. The average molecular weight is 287 g/mol. The van der Waals surface area contributed by atoms with Gasteiger partial charge in [-0.3, -0.25) is 4.79 Å². The molecule has 86 valence electrons. The van der Waals surface area contributed by atoms with Gasteiger partial charge in [0.1, 0.15) is 6.54 Å². The summed E-state index contributed by atoms with van der Waals surface area (Å²) < 4.78 is 0.778. The third kappa shape index (κ3) is 3.54. The molecule has 6 heteroatoms. The molecule has 0 radical (unpaired) electrons. The van der Waals surface area contributed by atoms with Gasteiger partial charge in [0.25, 0.3) is 0 Å². The number of carboxylic acid groups (broad SMARTS) is 1. The number of rotatable bonds is 3. The number of benzene rings is 1. The van der Waals surface area contributed by atoms with E-state index in [9.17, 15) is 9.59 Å². The number of hydrogen-bond donors (Lipinski definition) is 3. The number of anilines is 1. The molecule has 1 rings (SSSR count). The fourth-order valence-corrected chi connectivity index (χ4v) is 1.43. The summed E-state index contributed by atoms with van der Waals surface area (Å²) >= 11 is 3.33. The van der Waals surface area contributed by atoms with Gasteiger partial charge >= 0.3 is 12.0 Å². The average Bonchev–Trinajstić information content (AvgIpc) is 2.22. The molecule has 0 unspecified atom stereocenters. The first-order valence-corrected chi connectivity index (χ1v) is 5.31. The molecule has 0 saturated carbocycles. The Hall–Kier alpha value is -1.56. The molecular weight excluding hydrogens is 276 g/mol. The molecular formula is C10H11BrN2O3. The van der Waals surface area contributed by atoms with E-state index in [0.717, 1.165) is 10.0 Å². The molecule has 0 heterocycles. The molecule has 0 spiro atoms. The molecule has 0 saturated heterocycles. The van der Waals surface area contributed by atoms with Gasteiger partial charge in [0.05, 0.1) is 5.69 Å². The number of carboxylic acids is 1. The SMILES string of the molecule is Cc1cccc(NC(=O)NCC(=O)O)c1Br. The second-order valence-corrected chi connectivity index (χ2v) is 3.93. The molecule has 2 amide bonds. The van der Waals surface area contributed by atoms with Crippen LogP contribution < -0.4 is 10.6 Å². The maximum atomic E-state index is 11.3. The van der Waals surface area contributed by atoms with Crippen LogP contribution in [-0.4, -0.2) is 23.7 Å². The van der Waals surface area contributed by atoms with E-state index in [0.29, 0.717) is 5.69 Å². The van der Waals surface area contributed by atoms with E-state index in [-0.39, 0.29) is 0 Å². The van der Waals surface area contributed by atoms with Crippen LogP contribution in [0.4, 0.5) is 10.5 Å². The van der Waals surface area contributed by atoms with Crippen LogP contribution in [-0.2, 0) is 4.79 Å². The first-order chi connectivity index (χ1) is 7.50. The second-order valence-electron chi connectivity index (χ2n) is 3.14. The van der Waals surface area contributed by atoms with Gasteiger partial charge in [0.2, 0.25) is 0 Å². The lowest BCUT2D eigenvalue weighted by Gasteiger charge is -2.09. The quantitative estimate of drug-likeness (QED) is 0.795. The van der Waals surface area contributed by atoms with Crippen molar-refractivity contribution in [2.75, 3.05) is 11.9 Å². The molecule has 0 aromatic heterocycles. The van der Waals surface area contributed by atoms with Crippen LogP contribution in [0.15, 0.2) is 22.7 Å². The predicted octanol–water partition coefficient (Wildman–Crippen LogP) is 1.96. The minimum absolute atomic E-state index is 0.407. The molecule has 0 aliphatic heterocycles. The topological polar surface area (TPSA) is 78.4 Å². The van der Waals surface area contributed by atoms with Crippen LogP contribution >= 0.6 is 15.9 Å². The predicted molar refractivity (Wildman–Crippen MR) is 63.5 cm³/mol. The lowest BCUT2D eigenvalue weighted by Crippen LogP contribution is -2.33. The summed E-state index contributed by atoms with van der Waals surface area (Å²) in [6, 6.07) is 4.86. The first kappa shape index (κ1) is 12.5. The van der Waals surface area contributed by atoms with Crippen molar-refractivity contribution in [3.05, 3.63) is 28.2 Å². The van der Waals surface area contributed by atoms with Gasteiger partial charge < -0.3 is 15.7 Å². The zero-order valence-electron chi connectivity index (χ0n) is 8.58. The van der Waals surface area contributed by atoms with Crippen molar-refractivity contribution < 1.29 is 14.7 Å². The van der Waals surface area contributed by atoms with Crippen LogP contribution in [0.1, 0.15) is 5.56 Å². The number of urea groups is 1. The molecule has 3 N–H and O–H groups in total. The number of carbonyl (C=O) groups excluding carboxylic acids is 1. The largest absolute Gasteiger partial charge is 0.480 e. The highest BCUT2D eigenvalue weighted by molar-refractivity contribution is 9.10. The van der Waals surface area contributed by atoms with Crippen molar-refractivity contribution in [3.8, 4) is 0 Å². The highest BCUT2D eigenvalue weighted by Crippen LogP contribution is 2.25. The van der Waals surface area contributed by atoms with Crippen molar-refractivity contribution >= 4 is 33.6 Å². The van der Waals surface area contributed by atoms with E-state index < -0.39 is 18.5 Å².